The van der Waals surface area contributed by atoms with E-state index in [4.69, 9.17) is 4.74 Å². The van der Waals surface area contributed by atoms with Crippen LogP contribution in [-0.4, -0.2) is 61.1 Å². The zero-order chi connectivity index (χ0) is 15.4. The summed E-state index contributed by atoms with van der Waals surface area (Å²) in [4.78, 5) is 16.6. The molecule has 0 spiro atoms. The van der Waals surface area contributed by atoms with Gasteiger partial charge in [0.1, 0.15) is 5.82 Å². The van der Waals surface area contributed by atoms with E-state index >= 15 is 0 Å². The predicted molar refractivity (Wildman–Crippen MR) is 82.1 cm³/mol. The first-order valence-corrected chi connectivity index (χ1v) is 8.07. The molecule has 0 bridgehead atoms. The summed E-state index contributed by atoms with van der Waals surface area (Å²) < 4.78 is 18.8. The highest BCUT2D eigenvalue weighted by Crippen LogP contribution is 2.15. The van der Waals surface area contributed by atoms with E-state index in [2.05, 4.69) is 4.90 Å². The first-order chi connectivity index (χ1) is 10.7. The van der Waals surface area contributed by atoms with Crippen molar-refractivity contribution in [3.8, 4) is 0 Å². The van der Waals surface area contributed by atoms with Crippen LogP contribution in [0.3, 0.4) is 0 Å². The van der Waals surface area contributed by atoms with E-state index in [9.17, 15) is 9.18 Å². The van der Waals surface area contributed by atoms with Gasteiger partial charge in [-0.3, -0.25) is 9.69 Å². The van der Waals surface area contributed by atoms with Crippen LogP contribution in [0.1, 0.15) is 18.4 Å². The maximum Gasteiger partial charge on any atom is 0.227 e. The molecule has 1 aromatic carbocycles. The van der Waals surface area contributed by atoms with Crippen molar-refractivity contribution in [2.75, 3.05) is 39.3 Å². The van der Waals surface area contributed by atoms with Gasteiger partial charge in [-0.25, -0.2) is 4.39 Å². The van der Waals surface area contributed by atoms with Gasteiger partial charge in [-0.2, -0.15) is 0 Å². The first-order valence-electron chi connectivity index (χ1n) is 8.07. The summed E-state index contributed by atoms with van der Waals surface area (Å²) in [6, 6.07) is 6.29. The van der Waals surface area contributed by atoms with Gasteiger partial charge in [0, 0.05) is 39.3 Å². The van der Waals surface area contributed by atoms with Crippen LogP contribution in [-0.2, 0) is 16.0 Å². The second kappa shape index (κ2) is 7.20. The zero-order valence-corrected chi connectivity index (χ0v) is 12.8. The minimum atomic E-state index is -0.285. The third kappa shape index (κ3) is 4.05. The van der Waals surface area contributed by atoms with Crippen molar-refractivity contribution in [3.05, 3.63) is 35.6 Å². The molecule has 2 heterocycles. The Morgan fingerprint density at radius 1 is 1.27 bits per heavy atom. The second-order valence-corrected chi connectivity index (χ2v) is 6.12. The molecular weight excluding hydrogens is 283 g/mol. The molecule has 1 atom stereocenters. The molecule has 2 aliphatic rings. The molecule has 120 valence electrons. The predicted octanol–water partition coefficient (Wildman–Crippen LogP) is 1.69. The number of amides is 1. The van der Waals surface area contributed by atoms with Crippen molar-refractivity contribution in [2.45, 2.75) is 25.4 Å². The number of nitrogens with zero attached hydrogens (tertiary/aromatic N) is 2. The van der Waals surface area contributed by atoms with Crippen LogP contribution in [0.25, 0.3) is 0 Å². The molecule has 3 rings (SSSR count). The molecule has 1 amide bonds. The van der Waals surface area contributed by atoms with E-state index in [1.165, 1.54) is 12.1 Å². The number of halogens is 1. The molecule has 0 radical (unpaired) electrons. The van der Waals surface area contributed by atoms with E-state index in [-0.39, 0.29) is 18.1 Å². The van der Waals surface area contributed by atoms with Crippen molar-refractivity contribution >= 4 is 5.91 Å². The Labute approximate surface area is 130 Å². The molecule has 2 saturated heterocycles. The van der Waals surface area contributed by atoms with Crippen LogP contribution in [0.15, 0.2) is 24.3 Å². The van der Waals surface area contributed by atoms with Crippen LogP contribution in [0, 0.1) is 5.82 Å². The number of carbonyl (C=O) groups is 1. The van der Waals surface area contributed by atoms with Crippen molar-refractivity contribution in [3.63, 3.8) is 0 Å². The molecule has 5 heteroatoms. The van der Waals surface area contributed by atoms with Gasteiger partial charge in [0.2, 0.25) is 5.91 Å². The average Bonchev–Trinajstić information content (AvgIpc) is 3.01. The minimum Gasteiger partial charge on any atom is -0.377 e. The number of hydrogen-bond donors (Lipinski definition) is 0. The number of benzene rings is 1. The van der Waals surface area contributed by atoms with Gasteiger partial charge >= 0.3 is 0 Å². The molecule has 4 nitrogen and oxygen atoms in total. The Hall–Kier alpha value is -1.46. The Morgan fingerprint density at radius 3 is 2.77 bits per heavy atom. The lowest BCUT2D eigenvalue weighted by Crippen LogP contribution is -2.50. The van der Waals surface area contributed by atoms with Crippen LogP contribution < -0.4 is 0 Å². The van der Waals surface area contributed by atoms with Crippen molar-refractivity contribution < 1.29 is 13.9 Å². The summed E-state index contributed by atoms with van der Waals surface area (Å²) in [6.07, 6.45) is 2.97. The standard InChI is InChI=1S/C17H23FN2O2/c18-15-4-1-3-14(11-15)12-17(21)20-8-6-19(7-9-20)13-16-5-2-10-22-16/h1,3-4,11,16H,2,5-10,12-13H2. The molecule has 0 N–H and O–H groups in total. The van der Waals surface area contributed by atoms with Crippen LogP contribution >= 0.6 is 0 Å². The highest BCUT2D eigenvalue weighted by molar-refractivity contribution is 5.78. The summed E-state index contributed by atoms with van der Waals surface area (Å²) in [5.74, 6) is -0.200. The summed E-state index contributed by atoms with van der Waals surface area (Å²) in [7, 11) is 0. The second-order valence-electron chi connectivity index (χ2n) is 6.12. The molecule has 1 unspecified atom stereocenters. The lowest BCUT2D eigenvalue weighted by molar-refractivity contribution is -0.132. The summed E-state index contributed by atoms with van der Waals surface area (Å²) in [5, 5.41) is 0. The van der Waals surface area contributed by atoms with E-state index in [0.29, 0.717) is 6.10 Å². The third-order valence-corrected chi connectivity index (χ3v) is 4.46. The zero-order valence-electron chi connectivity index (χ0n) is 12.8. The van der Waals surface area contributed by atoms with Crippen molar-refractivity contribution in [2.24, 2.45) is 0 Å². The maximum atomic E-state index is 13.2. The number of piperazine rings is 1. The fourth-order valence-electron chi connectivity index (χ4n) is 3.19. The summed E-state index contributed by atoms with van der Waals surface area (Å²) >= 11 is 0. The Morgan fingerprint density at radius 2 is 2.09 bits per heavy atom. The van der Waals surface area contributed by atoms with Gasteiger partial charge in [0.15, 0.2) is 0 Å². The Balaban J connectivity index is 1.45. The largest absolute Gasteiger partial charge is 0.377 e. The minimum absolute atomic E-state index is 0.0855. The Kier molecular flexibility index (Phi) is 5.05. The van der Waals surface area contributed by atoms with E-state index in [0.717, 1.165) is 57.7 Å². The van der Waals surface area contributed by atoms with Gasteiger partial charge in [-0.1, -0.05) is 12.1 Å². The molecule has 2 fully saturated rings. The van der Waals surface area contributed by atoms with Gasteiger partial charge in [0.25, 0.3) is 0 Å². The molecule has 0 aromatic heterocycles. The fraction of sp³-hybridized carbons (Fsp3) is 0.588. The lowest BCUT2D eigenvalue weighted by atomic mass is 10.1. The summed E-state index contributed by atoms with van der Waals surface area (Å²) in [5.41, 5.74) is 0.742. The first kappa shape index (κ1) is 15.4. The van der Waals surface area contributed by atoms with E-state index < -0.39 is 0 Å². The van der Waals surface area contributed by atoms with Crippen LogP contribution in [0.5, 0.6) is 0 Å². The number of hydrogen-bond acceptors (Lipinski definition) is 3. The highest BCUT2D eigenvalue weighted by atomic mass is 19.1. The number of rotatable bonds is 4. The quantitative estimate of drug-likeness (QED) is 0.849. The monoisotopic (exact) mass is 306 g/mol. The van der Waals surface area contributed by atoms with Crippen LogP contribution in [0.2, 0.25) is 0 Å². The molecule has 1 aromatic rings. The van der Waals surface area contributed by atoms with E-state index in [1.807, 2.05) is 4.90 Å². The molecule has 22 heavy (non-hydrogen) atoms. The van der Waals surface area contributed by atoms with Gasteiger partial charge in [-0.05, 0) is 30.5 Å². The van der Waals surface area contributed by atoms with Gasteiger partial charge in [-0.15, -0.1) is 0 Å². The normalized spacial score (nSPS) is 23.0. The molecular formula is C17H23FN2O2. The summed E-state index contributed by atoms with van der Waals surface area (Å²) in [6.45, 7) is 5.16. The van der Waals surface area contributed by atoms with Gasteiger partial charge < -0.3 is 9.64 Å². The van der Waals surface area contributed by atoms with Crippen molar-refractivity contribution in [1.29, 1.82) is 0 Å². The molecule has 0 aliphatic carbocycles. The number of carbonyl (C=O) groups excluding carboxylic acids is 1. The topological polar surface area (TPSA) is 32.8 Å². The Bertz CT molecular complexity index is 509. The lowest BCUT2D eigenvalue weighted by Gasteiger charge is -2.35. The highest BCUT2D eigenvalue weighted by Gasteiger charge is 2.24. The average molecular weight is 306 g/mol. The third-order valence-electron chi connectivity index (χ3n) is 4.46. The number of ether oxygens (including phenoxy) is 1. The van der Waals surface area contributed by atoms with E-state index in [1.54, 1.807) is 12.1 Å². The smallest absolute Gasteiger partial charge is 0.227 e. The molecule has 2 aliphatic heterocycles. The molecule has 0 saturated carbocycles. The fourth-order valence-corrected chi connectivity index (χ4v) is 3.19. The van der Waals surface area contributed by atoms with Crippen molar-refractivity contribution in [1.82, 2.24) is 9.80 Å². The van der Waals surface area contributed by atoms with Gasteiger partial charge in [0.05, 0.1) is 12.5 Å². The van der Waals surface area contributed by atoms with Crippen LogP contribution in [0.4, 0.5) is 4.39 Å². The SMILES string of the molecule is O=C(Cc1cccc(F)c1)N1CCN(CC2CCCO2)CC1. The maximum absolute atomic E-state index is 13.2.